The molecule has 2 nitrogen and oxygen atoms in total. The molecule has 0 aromatic heterocycles. The summed E-state index contributed by atoms with van der Waals surface area (Å²) in [5.41, 5.74) is 9.88. The van der Waals surface area contributed by atoms with Gasteiger partial charge >= 0.3 is 8.56 Å². The average Bonchev–Trinajstić information content (AvgIpc) is 2.39. The van der Waals surface area contributed by atoms with E-state index in [2.05, 4.69) is 62.8 Å². The quantitative estimate of drug-likeness (QED) is 0.505. The van der Waals surface area contributed by atoms with Gasteiger partial charge in [0.15, 0.2) is 0 Å². The molecule has 0 aliphatic carbocycles. The molecule has 0 aliphatic rings. The minimum atomic E-state index is -2.14. The Morgan fingerprint density at radius 3 is 1.43 bits per heavy atom. The van der Waals surface area contributed by atoms with Gasteiger partial charge in [-0.3, -0.25) is 0 Å². The monoisotopic (exact) mass is 344 g/mol. The van der Waals surface area contributed by atoms with Crippen molar-refractivity contribution in [2.75, 3.05) is 13.2 Å². The van der Waals surface area contributed by atoms with Crippen molar-refractivity contribution in [2.45, 2.75) is 66.0 Å². The fourth-order valence-electron chi connectivity index (χ4n) is 2.22. The lowest BCUT2D eigenvalue weighted by molar-refractivity contribution is 0.201. The van der Waals surface area contributed by atoms with Gasteiger partial charge in [-0.2, -0.15) is 0 Å². The van der Waals surface area contributed by atoms with Crippen LogP contribution in [-0.2, 0) is 8.85 Å². The second kappa shape index (κ2) is 9.25. The summed E-state index contributed by atoms with van der Waals surface area (Å²) < 4.78 is 11.9. The normalized spacial score (nSPS) is 14.5. The molecule has 0 saturated carbocycles. The molecule has 0 heterocycles. The largest absolute Gasteiger partial charge is 0.392 e. The molecule has 0 fully saturated rings. The van der Waals surface area contributed by atoms with Crippen molar-refractivity contribution >= 4 is 24.7 Å². The van der Waals surface area contributed by atoms with E-state index in [1.807, 2.05) is 13.8 Å². The Morgan fingerprint density at radius 2 is 1.10 bits per heavy atom. The van der Waals surface area contributed by atoms with Crippen LogP contribution in [-0.4, -0.2) is 37.9 Å². The summed E-state index contributed by atoms with van der Waals surface area (Å²) >= 11 is 0. The topological polar surface area (TPSA) is 18.5 Å². The van der Waals surface area contributed by atoms with Crippen LogP contribution in [0.1, 0.15) is 27.7 Å². The molecular formula is C16H36O2Si3. The molecule has 124 valence electrons. The predicted molar refractivity (Wildman–Crippen MR) is 103 cm³/mol. The van der Waals surface area contributed by atoms with Crippen molar-refractivity contribution in [1.29, 1.82) is 0 Å². The zero-order valence-corrected chi connectivity index (χ0v) is 18.5. The molecule has 0 aromatic rings. The van der Waals surface area contributed by atoms with E-state index in [9.17, 15) is 0 Å². The lowest BCUT2D eigenvalue weighted by Crippen LogP contribution is -2.39. The zero-order chi connectivity index (χ0) is 16.6. The zero-order valence-electron chi connectivity index (χ0n) is 15.5. The third kappa shape index (κ3) is 8.30. The van der Waals surface area contributed by atoms with Crippen LogP contribution < -0.4 is 0 Å². The Bertz CT molecular complexity index is 336. The molecule has 0 rings (SSSR count). The minimum Gasteiger partial charge on any atom is -0.392 e. The maximum absolute atomic E-state index is 5.94. The second-order valence-corrected chi connectivity index (χ2v) is 19.4. The summed E-state index contributed by atoms with van der Waals surface area (Å²) in [5, 5.41) is 0. The molecule has 0 saturated heterocycles. The van der Waals surface area contributed by atoms with E-state index in [-0.39, 0.29) is 0 Å². The molecule has 5 heteroatoms. The predicted octanol–water partition coefficient (Wildman–Crippen LogP) is 5.23. The first kappa shape index (κ1) is 21.1. The van der Waals surface area contributed by atoms with Crippen LogP contribution in [0.4, 0.5) is 0 Å². The van der Waals surface area contributed by atoms with Crippen molar-refractivity contribution in [1.82, 2.24) is 0 Å². The van der Waals surface area contributed by atoms with Crippen molar-refractivity contribution < 1.29 is 8.85 Å². The van der Waals surface area contributed by atoms with Crippen LogP contribution in [0, 0.1) is 0 Å². The SMILES string of the molecule is CCO[Si](C)(C=C[Si](C=C[Si](C)(C)C)(CC)CC)OCC. The maximum atomic E-state index is 5.94. The highest BCUT2D eigenvalue weighted by atomic mass is 28.4. The maximum Gasteiger partial charge on any atom is 0.361 e. The van der Waals surface area contributed by atoms with Gasteiger partial charge in [0.05, 0.1) is 16.1 Å². The Labute approximate surface area is 135 Å². The lowest BCUT2D eigenvalue weighted by atomic mass is 10.9. The van der Waals surface area contributed by atoms with Gasteiger partial charge in [-0.25, -0.2) is 0 Å². The summed E-state index contributed by atoms with van der Waals surface area (Å²) in [6.07, 6.45) is 0. The van der Waals surface area contributed by atoms with Gasteiger partial charge in [0, 0.05) is 13.2 Å². The number of hydrogen-bond acceptors (Lipinski definition) is 2. The Morgan fingerprint density at radius 1 is 0.667 bits per heavy atom. The summed E-state index contributed by atoms with van der Waals surface area (Å²) in [4.78, 5) is 0. The lowest BCUT2D eigenvalue weighted by Gasteiger charge is -2.27. The molecule has 21 heavy (non-hydrogen) atoms. The molecule has 0 atom stereocenters. The van der Waals surface area contributed by atoms with Gasteiger partial charge in [0.1, 0.15) is 0 Å². The smallest absolute Gasteiger partial charge is 0.361 e. The van der Waals surface area contributed by atoms with Crippen molar-refractivity contribution in [3.05, 3.63) is 22.8 Å². The van der Waals surface area contributed by atoms with Crippen LogP contribution in [0.3, 0.4) is 0 Å². The summed E-state index contributed by atoms with van der Waals surface area (Å²) in [6.45, 7) is 19.6. The van der Waals surface area contributed by atoms with Gasteiger partial charge < -0.3 is 8.85 Å². The van der Waals surface area contributed by atoms with Crippen molar-refractivity contribution in [3.8, 4) is 0 Å². The Balaban J connectivity index is 5.29. The Hall–Kier alpha value is 0.0506. The Kier molecular flexibility index (Phi) is 9.27. The average molecular weight is 345 g/mol. The van der Waals surface area contributed by atoms with Gasteiger partial charge in [-0.15, -0.1) is 5.70 Å². The van der Waals surface area contributed by atoms with Gasteiger partial charge in [0.25, 0.3) is 0 Å². The van der Waals surface area contributed by atoms with E-state index in [4.69, 9.17) is 8.85 Å². The first-order valence-corrected chi connectivity index (χ1v) is 16.9. The van der Waals surface area contributed by atoms with Crippen molar-refractivity contribution in [2.24, 2.45) is 0 Å². The van der Waals surface area contributed by atoms with Gasteiger partial charge in [-0.1, -0.05) is 62.7 Å². The summed E-state index contributed by atoms with van der Waals surface area (Å²) in [7, 11) is -4.74. The number of rotatable bonds is 10. The van der Waals surface area contributed by atoms with Gasteiger partial charge in [-0.05, 0) is 20.4 Å². The highest BCUT2D eigenvalue weighted by molar-refractivity contribution is 6.92. The number of hydrogen-bond donors (Lipinski definition) is 0. The van der Waals surface area contributed by atoms with Crippen LogP contribution in [0.2, 0.25) is 38.3 Å². The van der Waals surface area contributed by atoms with Crippen molar-refractivity contribution in [3.63, 3.8) is 0 Å². The van der Waals surface area contributed by atoms with E-state index < -0.39 is 24.7 Å². The van der Waals surface area contributed by atoms with E-state index in [1.54, 1.807) is 0 Å². The fourth-order valence-corrected chi connectivity index (χ4v) is 11.1. The van der Waals surface area contributed by atoms with E-state index in [0.29, 0.717) is 0 Å². The van der Waals surface area contributed by atoms with Crippen LogP contribution in [0.15, 0.2) is 22.8 Å². The summed E-state index contributed by atoms with van der Waals surface area (Å²) in [6, 6.07) is 2.51. The first-order chi connectivity index (χ1) is 9.66. The molecule has 0 bridgehead atoms. The minimum absolute atomic E-state index is 0.727. The second-order valence-electron chi connectivity index (χ2n) is 6.85. The third-order valence-electron chi connectivity index (χ3n) is 3.81. The molecule has 0 radical (unpaired) electrons. The molecule has 0 amide bonds. The van der Waals surface area contributed by atoms with Gasteiger partial charge in [0.2, 0.25) is 0 Å². The fraction of sp³-hybridized carbons (Fsp3) is 0.750. The molecular weight excluding hydrogens is 308 g/mol. The third-order valence-corrected chi connectivity index (χ3v) is 12.4. The summed E-state index contributed by atoms with van der Waals surface area (Å²) in [5.74, 6) is 0. The molecule has 0 unspecified atom stereocenters. The van der Waals surface area contributed by atoms with E-state index >= 15 is 0 Å². The van der Waals surface area contributed by atoms with E-state index in [0.717, 1.165) is 13.2 Å². The molecule has 0 N–H and O–H groups in total. The first-order valence-electron chi connectivity index (χ1n) is 8.34. The molecule has 0 aliphatic heterocycles. The highest BCUT2D eigenvalue weighted by Gasteiger charge is 2.30. The molecule has 0 spiro atoms. The standard InChI is InChI=1S/C16H36O2Si3/c1-9-17-20(8,18-10-2)14-16-21(11-3,12-4)15-13-19(5,6)7/h13-16H,9-12H2,1-8H3. The molecule has 0 aromatic carbocycles. The van der Waals surface area contributed by atoms with Crippen LogP contribution in [0.5, 0.6) is 0 Å². The van der Waals surface area contributed by atoms with E-state index in [1.165, 1.54) is 12.1 Å². The van der Waals surface area contributed by atoms with Crippen LogP contribution in [0.25, 0.3) is 0 Å². The highest BCUT2D eigenvalue weighted by Crippen LogP contribution is 2.22. The van der Waals surface area contributed by atoms with Crippen LogP contribution >= 0.6 is 0 Å².